The van der Waals surface area contributed by atoms with Crippen LogP contribution in [-0.4, -0.2) is 63.7 Å². The van der Waals surface area contributed by atoms with Crippen LogP contribution in [0.2, 0.25) is 5.02 Å². The number of halogens is 1. The third-order valence-corrected chi connectivity index (χ3v) is 7.54. The predicted octanol–water partition coefficient (Wildman–Crippen LogP) is 3.24. The van der Waals surface area contributed by atoms with Crippen molar-refractivity contribution in [3.63, 3.8) is 0 Å². The van der Waals surface area contributed by atoms with Crippen LogP contribution in [0.4, 0.5) is 0 Å². The van der Waals surface area contributed by atoms with Crippen LogP contribution in [-0.2, 0) is 20.8 Å². The molecule has 0 aromatic heterocycles. The minimum atomic E-state index is -1.07. The molecular weight excluding hydrogens is 544 g/mol. The van der Waals surface area contributed by atoms with Gasteiger partial charge in [-0.1, -0.05) is 54.1 Å². The second kappa shape index (κ2) is 14.0. The topological polar surface area (TPSA) is 118 Å². The molecule has 0 bridgehead atoms. The second-order valence-electron chi connectivity index (χ2n) is 9.78. The van der Waals surface area contributed by atoms with E-state index < -0.39 is 11.4 Å². The maximum atomic E-state index is 13.3. The van der Waals surface area contributed by atoms with E-state index in [1.807, 2.05) is 42.5 Å². The summed E-state index contributed by atoms with van der Waals surface area (Å²) >= 11 is 6.42. The van der Waals surface area contributed by atoms with E-state index in [9.17, 15) is 14.4 Å². The van der Waals surface area contributed by atoms with Gasteiger partial charge in [0.1, 0.15) is 5.54 Å². The number of ether oxygens (including phenoxy) is 2. The highest BCUT2D eigenvalue weighted by molar-refractivity contribution is 6.34. The number of piperidine rings is 1. The van der Waals surface area contributed by atoms with E-state index in [0.717, 1.165) is 16.3 Å². The first-order valence-electron chi connectivity index (χ1n) is 13.5. The molecule has 4 rings (SSSR count). The first-order valence-corrected chi connectivity index (χ1v) is 13.9. The van der Waals surface area contributed by atoms with E-state index in [2.05, 4.69) is 21.3 Å². The van der Waals surface area contributed by atoms with Gasteiger partial charge in [-0.2, -0.15) is 0 Å². The zero-order valence-electron chi connectivity index (χ0n) is 23.2. The van der Waals surface area contributed by atoms with E-state index >= 15 is 0 Å². The lowest BCUT2D eigenvalue weighted by Gasteiger charge is -2.36. The third-order valence-electron chi connectivity index (χ3n) is 7.15. The van der Waals surface area contributed by atoms with E-state index in [4.69, 9.17) is 21.1 Å². The quantitative estimate of drug-likeness (QED) is 0.205. The van der Waals surface area contributed by atoms with Crippen molar-refractivity contribution in [2.24, 2.45) is 0 Å². The molecule has 1 saturated heterocycles. The Balaban J connectivity index is 1.32. The summed E-state index contributed by atoms with van der Waals surface area (Å²) in [6, 6.07) is 17.3. The SMILES string of the molecule is COc1ccc(C=CC(=O)NC2(C(=O)NCCNC(=O)Cc3cccc4ccccc34)CCNCC2)c(Cl)c1OC. The summed E-state index contributed by atoms with van der Waals surface area (Å²) < 4.78 is 10.6. The Hall–Kier alpha value is -4.08. The third kappa shape index (κ3) is 7.36. The number of rotatable bonds is 11. The lowest BCUT2D eigenvalue weighted by atomic mass is 9.87. The van der Waals surface area contributed by atoms with E-state index in [1.54, 1.807) is 18.2 Å². The van der Waals surface area contributed by atoms with Crippen molar-refractivity contribution in [1.82, 2.24) is 21.3 Å². The summed E-state index contributed by atoms with van der Waals surface area (Å²) in [5.74, 6) is 0.0215. The van der Waals surface area contributed by atoms with Crippen molar-refractivity contribution in [2.45, 2.75) is 24.8 Å². The minimum Gasteiger partial charge on any atom is -0.493 e. The molecule has 1 aliphatic rings. The molecular formula is C31H35ClN4O5. The summed E-state index contributed by atoms with van der Waals surface area (Å²) in [6.07, 6.45) is 4.03. The van der Waals surface area contributed by atoms with Crippen molar-refractivity contribution in [3.05, 3.63) is 76.8 Å². The Bertz CT molecular complexity index is 1430. The van der Waals surface area contributed by atoms with Crippen LogP contribution in [0.1, 0.15) is 24.0 Å². The molecule has 41 heavy (non-hydrogen) atoms. The molecule has 3 amide bonds. The second-order valence-corrected chi connectivity index (χ2v) is 10.2. The van der Waals surface area contributed by atoms with Crippen molar-refractivity contribution in [2.75, 3.05) is 40.4 Å². The smallest absolute Gasteiger partial charge is 0.245 e. The summed E-state index contributed by atoms with van der Waals surface area (Å²) in [6.45, 7) is 1.68. The van der Waals surface area contributed by atoms with Crippen LogP contribution in [0.5, 0.6) is 11.5 Å². The van der Waals surface area contributed by atoms with Crippen molar-refractivity contribution in [3.8, 4) is 11.5 Å². The fraction of sp³-hybridized carbons (Fsp3) is 0.323. The highest BCUT2D eigenvalue weighted by Crippen LogP contribution is 2.37. The van der Waals surface area contributed by atoms with Gasteiger partial charge < -0.3 is 30.7 Å². The molecule has 0 spiro atoms. The van der Waals surface area contributed by atoms with Crippen molar-refractivity contribution >= 4 is 46.2 Å². The normalized spacial score (nSPS) is 14.4. The number of methoxy groups -OCH3 is 2. The first kappa shape index (κ1) is 29.9. The Labute approximate surface area is 244 Å². The standard InChI is InChI=1S/C31H35ClN4O5/c1-40-25-12-10-22(28(32)29(25)41-2)11-13-26(37)36-31(14-16-33-17-15-31)30(39)35-19-18-34-27(38)20-23-8-5-7-21-6-3-4-9-24(21)23/h3-13,33H,14-20H2,1-2H3,(H,34,38)(H,35,39)(H,36,37). The number of nitrogens with one attached hydrogen (secondary N) is 4. The number of carbonyl (C=O) groups excluding carboxylic acids is 3. The molecule has 10 heteroatoms. The number of hydrogen-bond acceptors (Lipinski definition) is 6. The van der Waals surface area contributed by atoms with Gasteiger partial charge in [0.2, 0.25) is 17.7 Å². The lowest BCUT2D eigenvalue weighted by molar-refractivity contribution is -0.133. The minimum absolute atomic E-state index is 0.126. The number of benzene rings is 3. The molecule has 0 atom stereocenters. The molecule has 0 aliphatic carbocycles. The van der Waals surface area contributed by atoms with Crippen LogP contribution < -0.4 is 30.7 Å². The van der Waals surface area contributed by atoms with E-state index in [1.165, 1.54) is 20.3 Å². The molecule has 216 valence electrons. The Morgan fingerprint density at radius 1 is 0.951 bits per heavy atom. The van der Waals surface area contributed by atoms with Gasteiger partial charge >= 0.3 is 0 Å². The molecule has 3 aromatic carbocycles. The number of amides is 3. The summed E-state index contributed by atoms with van der Waals surface area (Å²) in [5.41, 5.74) is 0.451. The highest BCUT2D eigenvalue weighted by atomic mass is 35.5. The van der Waals surface area contributed by atoms with Crippen molar-refractivity contribution < 1.29 is 23.9 Å². The van der Waals surface area contributed by atoms with Gasteiger partial charge in [0.05, 0.1) is 25.7 Å². The van der Waals surface area contributed by atoms with Gasteiger partial charge in [-0.15, -0.1) is 0 Å². The molecule has 4 N–H and O–H groups in total. The van der Waals surface area contributed by atoms with Crippen LogP contribution in [0, 0.1) is 0 Å². The van der Waals surface area contributed by atoms with E-state index in [0.29, 0.717) is 48.0 Å². The zero-order valence-corrected chi connectivity index (χ0v) is 24.0. The molecule has 0 radical (unpaired) electrons. The average Bonchev–Trinajstić information content (AvgIpc) is 2.99. The van der Waals surface area contributed by atoms with Crippen LogP contribution in [0.3, 0.4) is 0 Å². The largest absolute Gasteiger partial charge is 0.493 e. The van der Waals surface area contributed by atoms with Gasteiger partial charge in [-0.05, 0) is 66.0 Å². The maximum absolute atomic E-state index is 13.3. The lowest BCUT2D eigenvalue weighted by Crippen LogP contribution is -2.63. The van der Waals surface area contributed by atoms with Crippen LogP contribution >= 0.6 is 11.6 Å². The Morgan fingerprint density at radius 3 is 2.44 bits per heavy atom. The molecule has 1 aliphatic heterocycles. The number of carbonyl (C=O) groups is 3. The predicted molar refractivity (Wildman–Crippen MR) is 160 cm³/mol. The molecule has 0 unspecified atom stereocenters. The average molecular weight is 579 g/mol. The fourth-order valence-corrected chi connectivity index (χ4v) is 5.26. The highest BCUT2D eigenvalue weighted by Gasteiger charge is 2.40. The van der Waals surface area contributed by atoms with E-state index in [-0.39, 0.29) is 31.3 Å². The van der Waals surface area contributed by atoms with Gasteiger partial charge in [0, 0.05) is 19.2 Å². The van der Waals surface area contributed by atoms with Gasteiger partial charge in [0.25, 0.3) is 0 Å². The fourth-order valence-electron chi connectivity index (χ4n) is 4.97. The number of fused-ring (bicyclic) bond motifs is 1. The molecule has 1 fully saturated rings. The summed E-state index contributed by atoms with van der Waals surface area (Å²) in [4.78, 5) is 38.8. The van der Waals surface area contributed by atoms with Crippen molar-refractivity contribution in [1.29, 1.82) is 0 Å². The van der Waals surface area contributed by atoms with Gasteiger partial charge in [-0.25, -0.2) is 0 Å². The first-order chi connectivity index (χ1) is 19.9. The molecule has 1 heterocycles. The Morgan fingerprint density at radius 2 is 1.68 bits per heavy atom. The monoisotopic (exact) mass is 578 g/mol. The number of hydrogen-bond donors (Lipinski definition) is 4. The van der Waals surface area contributed by atoms with Gasteiger partial charge in [0.15, 0.2) is 11.5 Å². The van der Waals surface area contributed by atoms with Crippen LogP contribution in [0.15, 0.2) is 60.7 Å². The molecule has 0 saturated carbocycles. The maximum Gasteiger partial charge on any atom is 0.245 e. The van der Waals surface area contributed by atoms with Crippen LogP contribution in [0.25, 0.3) is 16.8 Å². The summed E-state index contributed by atoms with van der Waals surface area (Å²) in [7, 11) is 3.00. The molecule has 3 aromatic rings. The van der Waals surface area contributed by atoms with Gasteiger partial charge in [-0.3, -0.25) is 14.4 Å². The Kier molecular flexibility index (Phi) is 10.2. The zero-order chi connectivity index (χ0) is 29.2. The molecule has 9 nitrogen and oxygen atoms in total. The summed E-state index contributed by atoms with van der Waals surface area (Å²) in [5, 5.41) is 14.3.